The Kier molecular flexibility index (Phi) is 4.00. The molecule has 1 aromatic carbocycles. The molecule has 1 aliphatic rings. The predicted molar refractivity (Wildman–Crippen MR) is 69.5 cm³/mol. The molecule has 0 bridgehead atoms. The predicted octanol–water partition coefficient (Wildman–Crippen LogP) is 2.91. The van der Waals surface area contributed by atoms with Gasteiger partial charge < -0.3 is 10.6 Å². The minimum atomic E-state index is -0.205. The van der Waals surface area contributed by atoms with Crippen LogP contribution < -0.4 is 10.6 Å². The lowest BCUT2D eigenvalue weighted by molar-refractivity contribution is 0.546. The van der Waals surface area contributed by atoms with Crippen molar-refractivity contribution in [2.24, 2.45) is 11.7 Å². The fourth-order valence-corrected chi connectivity index (χ4v) is 2.77. The van der Waals surface area contributed by atoms with E-state index in [1.54, 1.807) is 6.07 Å². The van der Waals surface area contributed by atoms with Gasteiger partial charge in [0.25, 0.3) is 0 Å². The van der Waals surface area contributed by atoms with E-state index in [-0.39, 0.29) is 5.82 Å². The molecule has 1 aromatic rings. The summed E-state index contributed by atoms with van der Waals surface area (Å²) in [4.78, 5) is 2.22. The molecular formula is C14H21FN2. The molecular weight excluding hydrogens is 215 g/mol. The number of hydrogen-bond acceptors (Lipinski definition) is 2. The quantitative estimate of drug-likeness (QED) is 0.871. The Balaban J connectivity index is 2.09. The Bertz CT molecular complexity index is 372. The van der Waals surface area contributed by atoms with Gasteiger partial charge in [0.15, 0.2) is 0 Å². The second-order valence-corrected chi connectivity index (χ2v) is 5.01. The molecule has 2 N–H and O–H groups in total. The first kappa shape index (κ1) is 12.4. The van der Waals surface area contributed by atoms with Crippen LogP contribution in [-0.4, -0.2) is 13.6 Å². The van der Waals surface area contributed by atoms with Gasteiger partial charge in [0.05, 0.1) is 0 Å². The maximum Gasteiger partial charge on any atom is 0.123 e. The van der Waals surface area contributed by atoms with E-state index in [1.165, 1.54) is 31.7 Å². The van der Waals surface area contributed by atoms with Crippen LogP contribution in [0.5, 0.6) is 0 Å². The fraction of sp³-hybridized carbons (Fsp3) is 0.571. The second-order valence-electron chi connectivity index (χ2n) is 5.01. The molecule has 17 heavy (non-hydrogen) atoms. The van der Waals surface area contributed by atoms with Gasteiger partial charge in [-0.2, -0.15) is 0 Å². The van der Waals surface area contributed by atoms with Gasteiger partial charge >= 0.3 is 0 Å². The van der Waals surface area contributed by atoms with Crippen LogP contribution in [0, 0.1) is 11.7 Å². The van der Waals surface area contributed by atoms with E-state index in [1.807, 2.05) is 6.07 Å². The highest BCUT2D eigenvalue weighted by molar-refractivity contribution is 5.53. The Morgan fingerprint density at radius 2 is 2.06 bits per heavy atom. The molecule has 0 heterocycles. The number of anilines is 1. The van der Waals surface area contributed by atoms with E-state index >= 15 is 0 Å². The Morgan fingerprint density at radius 1 is 1.35 bits per heavy atom. The summed E-state index contributed by atoms with van der Waals surface area (Å²) in [5.41, 5.74) is 7.64. The first-order chi connectivity index (χ1) is 8.20. The number of nitrogens with zero attached hydrogens (tertiary/aromatic N) is 1. The molecule has 0 radical (unpaired) electrons. The highest BCUT2D eigenvalue weighted by Crippen LogP contribution is 2.28. The molecule has 0 amide bonds. The molecule has 1 aliphatic carbocycles. The number of benzene rings is 1. The molecule has 0 aliphatic heterocycles. The van der Waals surface area contributed by atoms with Crippen molar-refractivity contribution in [3.05, 3.63) is 29.6 Å². The number of rotatable bonds is 4. The smallest absolute Gasteiger partial charge is 0.123 e. The van der Waals surface area contributed by atoms with Crippen molar-refractivity contribution in [1.29, 1.82) is 0 Å². The summed E-state index contributed by atoms with van der Waals surface area (Å²) in [5.74, 6) is 0.583. The SMILES string of the molecule is CN(CC1CCCC1)c1ccc(F)cc1CN. The summed E-state index contributed by atoms with van der Waals surface area (Å²) in [6.07, 6.45) is 5.35. The van der Waals surface area contributed by atoms with Gasteiger partial charge in [-0.25, -0.2) is 4.39 Å². The maximum atomic E-state index is 13.1. The van der Waals surface area contributed by atoms with Crippen molar-refractivity contribution in [3.8, 4) is 0 Å². The van der Waals surface area contributed by atoms with Crippen LogP contribution in [-0.2, 0) is 6.54 Å². The van der Waals surface area contributed by atoms with E-state index in [2.05, 4.69) is 11.9 Å². The molecule has 0 spiro atoms. The normalized spacial score (nSPS) is 16.4. The van der Waals surface area contributed by atoms with E-state index in [0.29, 0.717) is 6.54 Å². The topological polar surface area (TPSA) is 29.3 Å². The van der Waals surface area contributed by atoms with Gasteiger partial charge in [0.1, 0.15) is 5.82 Å². The molecule has 0 unspecified atom stereocenters. The Morgan fingerprint density at radius 3 is 2.71 bits per heavy atom. The Labute approximate surface area is 103 Å². The van der Waals surface area contributed by atoms with Gasteiger partial charge in [-0.05, 0) is 42.5 Å². The zero-order valence-electron chi connectivity index (χ0n) is 10.5. The Hall–Kier alpha value is -1.09. The van der Waals surface area contributed by atoms with Crippen molar-refractivity contribution >= 4 is 5.69 Å². The highest BCUT2D eigenvalue weighted by atomic mass is 19.1. The summed E-state index contributed by atoms with van der Waals surface area (Å²) in [7, 11) is 2.07. The molecule has 0 aromatic heterocycles. The number of halogens is 1. The largest absolute Gasteiger partial charge is 0.374 e. The number of hydrogen-bond donors (Lipinski definition) is 1. The summed E-state index contributed by atoms with van der Waals surface area (Å²) >= 11 is 0. The van der Waals surface area contributed by atoms with Crippen LogP contribution >= 0.6 is 0 Å². The van der Waals surface area contributed by atoms with E-state index in [4.69, 9.17) is 5.73 Å². The van der Waals surface area contributed by atoms with Crippen LogP contribution in [0.15, 0.2) is 18.2 Å². The van der Waals surface area contributed by atoms with Gasteiger partial charge in [0.2, 0.25) is 0 Å². The van der Waals surface area contributed by atoms with Crippen molar-refractivity contribution in [2.45, 2.75) is 32.2 Å². The molecule has 0 saturated heterocycles. The number of nitrogens with two attached hydrogens (primary N) is 1. The second kappa shape index (κ2) is 5.50. The van der Waals surface area contributed by atoms with Crippen LogP contribution in [0.4, 0.5) is 10.1 Å². The summed E-state index contributed by atoms with van der Waals surface area (Å²) < 4.78 is 13.1. The van der Waals surface area contributed by atoms with Gasteiger partial charge in [-0.3, -0.25) is 0 Å². The van der Waals surface area contributed by atoms with E-state index < -0.39 is 0 Å². The summed E-state index contributed by atoms with van der Waals surface area (Å²) in [6.45, 7) is 1.45. The lowest BCUT2D eigenvalue weighted by atomic mass is 10.1. The zero-order valence-corrected chi connectivity index (χ0v) is 10.5. The van der Waals surface area contributed by atoms with Gasteiger partial charge in [-0.15, -0.1) is 0 Å². The standard InChI is InChI=1S/C14H21FN2/c1-17(10-11-4-2-3-5-11)14-7-6-13(15)8-12(14)9-16/h6-8,11H,2-5,9-10,16H2,1H3. The van der Waals surface area contributed by atoms with E-state index in [9.17, 15) is 4.39 Å². The van der Waals surface area contributed by atoms with Crippen molar-refractivity contribution in [1.82, 2.24) is 0 Å². The third kappa shape index (κ3) is 2.97. The van der Waals surface area contributed by atoms with Crippen molar-refractivity contribution in [2.75, 3.05) is 18.5 Å². The lowest BCUT2D eigenvalue weighted by Gasteiger charge is -2.25. The molecule has 1 fully saturated rings. The molecule has 3 heteroatoms. The first-order valence-electron chi connectivity index (χ1n) is 6.40. The van der Waals surface area contributed by atoms with Crippen molar-refractivity contribution < 1.29 is 4.39 Å². The third-order valence-corrected chi connectivity index (χ3v) is 3.68. The zero-order chi connectivity index (χ0) is 12.3. The van der Waals surface area contributed by atoms with Crippen molar-refractivity contribution in [3.63, 3.8) is 0 Å². The summed E-state index contributed by atoms with van der Waals surface area (Å²) in [5, 5.41) is 0. The van der Waals surface area contributed by atoms with Gasteiger partial charge in [-0.1, -0.05) is 12.8 Å². The van der Waals surface area contributed by atoms with Crippen LogP contribution in [0.3, 0.4) is 0 Å². The summed E-state index contributed by atoms with van der Waals surface area (Å²) in [6, 6.07) is 4.90. The van der Waals surface area contributed by atoms with Crippen LogP contribution in [0.25, 0.3) is 0 Å². The van der Waals surface area contributed by atoms with E-state index in [0.717, 1.165) is 23.7 Å². The first-order valence-corrected chi connectivity index (χ1v) is 6.40. The minimum Gasteiger partial charge on any atom is -0.374 e. The van der Waals surface area contributed by atoms with Crippen LogP contribution in [0.2, 0.25) is 0 Å². The molecule has 1 saturated carbocycles. The fourth-order valence-electron chi connectivity index (χ4n) is 2.77. The average Bonchev–Trinajstić information content (AvgIpc) is 2.81. The average molecular weight is 236 g/mol. The molecule has 2 rings (SSSR count). The van der Waals surface area contributed by atoms with Crippen LogP contribution in [0.1, 0.15) is 31.2 Å². The minimum absolute atomic E-state index is 0.205. The van der Waals surface area contributed by atoms with Gasteiger partial charge in [0, 0.05) is 25.8 Å². The highest BCUT2D eigenvalue weighted by Gasteiger charge is 2.18. The lowest BCUT2D eigenvalue weighted by Crippen LogP contribution is -2.25. The molecule has 2 nitrogen and oxygen atoms in total. The monoisotopic (exact) mass is 236 g/mol. The molecule has 0 atom stereocenters. The third-order valence-electron chi connectivity index (χ3n) is 3.68. The maximum absolute atomic E-state index is 13.1. The molecule has 94 valence electrons.